The van der Waals surface area contributed by atoms with Crippen molar-refractivity contribution in [1.29, 1.82) is 0 Å². The maximum atomic E-state index is 14.8. The molecular weight excluding hydrogens is 423 g/mol. The Labute approximate surface area is 191 Å². The normalized spacial score (nSPS) is 16.2. The van der Waals surface area contributed by atoms with Gasteiger partial charge in [-0.25, -0.2) is 14.1 Å². The van der Waals surface area contributed by atoms with E-state index >= 15 is 0 Å². The average Bonchev–Trinajstić information content (AvgIpc) is 3.36. The molecular formula is C25H25FN4O3. The SMILES string of the molecule is COc1cc(Cc2ccc3ncc(-c4cnn(C5CCCCO5)c4)nc3c2)c(F)c(OC)c1. The van der Waals surface area contributed by atoms with Gasteiger partial charge >= 0.3 is 0 Å². The zero-order chi connectivity index (χ0) is 22.8. The minimum atomic E-state index is -0.393. The number of rotatable bonds is 6. The lowest BCUT2D eigenvalue weighted by molar-refractivity contribution is -0.0394. The molecule has 0 saturated carbocycles. The van der Waals surface area contributed by atoms with Gasteiger partial charge in [0.25, 0.3) is 0 Å². The van der Waals surface area contributed by atoms with Gasteiger partial charge < -0.3 is 14.2 Å². The number of ether oxygens (including phenoxy) is 3. The van der Waals surface area contributed by atoms with E-state index in [0.717, 1.165) is 53.7 Å². The minimum Gasteiger partial charge on any atom is -0.497 e. The van der Waals surface area contributed by atoms with E-state index in [-0.39, 0.29) is 12.0 Å². The van der Waals surface area contributed by atoms with E-state index in [1.807, 2.05) is 29.1 Å². The third kappa shape index (κ3) is 4.39. The van der Waals surface area contributed by atoms with Crippen LogP contribution >= 0.6 is 0 Å². The molecule has 1 aliphatic heterocycles. The fraction of sp³-hybridized carbons (Fsp3) is 0.320. The monoisotopic (exact) mass is 448 g/mol. The van der Waals surface area contributed by atoms with Crippen LogP contribution in [0.2, 0.25) is 0 Å². The molecule has 1 aliphatic rings. The van der Waals surface area contributed by atoms with Gasteiger partial charge in [0.2, 0.25) is 0 Å². The largest absolute Gasteiger partial charge is 0.497 e. The summed E-state index contributed by atoms with van der Waals surface area (Å²) in [4.78, 5) is 9.35. The molecule has 1 atom stereocenters. The Morgan fingerprint density at radius 3 is 2.79 bits per heavy atom. The van der Waals surface area contributed by atoms with E-state index in [2.05, 4.69) is 10.1 Å². The number of aromatic nitrogens is 4. The van der Waals surface area contributed by atoms with Gasteiger partial charge in [0.15, 0.2) is 11.6 Å². The molecule has 5 rings (SSSR count). The van der Waals surface area contributed by atoms with Crippen LogP contribution in [0, 0.1) is 5.82 Å². The predicted octanol–water partition coefficient (Wildman–Crippen LogP) is 4.94. The van der Waals surface area contributed by atoms with Crippen molar-refractivity contribution < 1.29 is 18.6 Å². The van der Waals surface area contributed by atoms with Gasteiger partial charge in [-0.2, -0.15) is 5.10 Å². The Hall–Kier alpha value is -3.52. The lowest BCUT2D eigenvalue weighted by Crippen LogP contribution is -2.18. The molecule has 0 N–H and O–H groups in total. The number of halogens is 1. The molecule has 7 nitrogen and oxygen atoms in total. The standard InChI is InChI=1S/C25H25FN4O3/c1-31-19-11-17(25(26)23(12-19)32-2)9-16-6-7-20-21(10-16)29-22(14-27-20)18-13-28-30(15-18)24-5-3-4-8-33-24/h6-7,10-15,24H,3-5,8-9H2,1-2H3. The highest BCUT2D eigenvalue weighted by Crippen LogP contribution is 2.30. The molecule has 0 aliphatic carbocycles. The van der Waals surface area contributed by atoms with E-state index in [1.165, 1.54) is 13.2 Å². The van der Waals surface area contributed by atoms with E-state index in [0.29, 0.717) is 17.7 Å². The summed E-state index contributed by atoms with van der Waals surface area (Å²) in [5, 5.41) is 4.47. The van der Waals surface area contributed by atoms with E-state index in [9.17, 15) is 4.39 Å². The lowest BCUT2D eigenvalue weighted by atomic mass is 10.0. The topological polar surface area (TPSA) is 71.3 Å². The Morgan fingerprint density at radius 1 is 1.09 bits per heavy atom. The maximum Gasteiger partial charge on any atom is 0.168 e. The van der Waals surface area contributed by atoms with Gasteiger partial charge in [-0.05, 0) is 48.6 Å². The molecule has 8 heteroatoms. The third-order valence-electron chi connectivity index (χ3n) is 5.89. The summed E-state index contributed by atoms with van der Waals surface area (Å²) in [6.45, 7) is 0.762. The van der Waals surface area contributed by atoms with Crippen molar-refractivity contribution in [2.45, 2.75) is 31.9 Å². The van der Waals surface area contributed by atoms with Crippen LogP contribution in [-0.4, -0.2) is 40.6 Å². The molecule has 1 fully saturated rings. The molecule has 4 aromatic rings. The smallest absolute Gasteiger partial charge is 0.168 e. The van der Waals surface area contributed by atoms with E-state index in [4.69, 9.17) is 19.2 Å². The van der Waals surface area contributed by atoms with Crippen molar-refractivity contribution in [1.82, 2.24) is 19.7 Å². The summed E-state index contributed by atoms with van der Waals surface area (Å²) in [5.41, 5.74) is 4.53. The summed E-state index contributed by atoms with van der Waals surface area (Å²) in [7, 11) is 2.99. The third-order valence-corrected chi connectivity index (χ3v) is 5.89. The van der Waals surface area contributed by atoms with E-state index in [1.54, 1.807) is 25.6 Å². The molecule has 2 aromatic carbocycles. The van der Waals surface area contributed by atoms with Gasteiger partial charge in [0.1, 0.15) is 12.0 Å². The fourth-order valence-corrected chi connectivity index (χ4v) is 4.11. The van der Waals surface area contributed by atoms with Gasteiger partial charge in [0, 0.05) is 30.9 Å². The van der Waals surface area contributed by atoms with Crippen LogP contribution in [0.3, 0.4) is 0 Å². The molecule has 170 valence electrons. The molecule has 0 spiro atoms. The minimum absolute atomic E-state index is 0.0257. The summed E-state index contributed by atoms with van der Waals surface area (Å²) in [6.07, 6.45) is 9.02. The van der Waals surface area contributed by atoms with Crippen LogP contribution in [0.5, 0.6) is 11.5 Å². The Balaban J connectivity index is 1.44. The van der Waals surface area contributed by atoms with Crippen LogP contribution in [-0.2, 0) is 11.2 Å². The van der Waals surface area contributed by atoms with Crippen molar-refractivity contribution in [3.63, 3.8) is 0 Å². The van der Waals surface area contributed by atoms with Crippen LogP contribution in [0.1, 0.15) is 36.6 Å². The Bertz CT molecular complexity index is 1280. The Morgan fingerprint density at radius 2 is 2.00 bits per heavy atom. The van der Waals surface area contributed by atoms with Crippen LogP contribution in [0.4, 0.5) is 4.39 Å². The van der Waals surface area contributed by atoms with Crippen LogP contribution in [0.25, 0.3) is 22.3 Å². The molecule has 3 heterocycles. The number of hydrogen-bond acceptors (Lipinski definition) is 6. The first-order chi connectivity index (χ1) is 16.1. The molecule has 2 aromatic heterocycles. The van der Waals surface area contributed by atoms with Crippen molar-refractivity contribution in [3.05, 3.63) is 65.9 Å². The highest BCUT2D eigenvalue weighted by Gasteiger charge is 2.18. The number of fused-ring (bicyclic) bond motifs is 1. The fourth-order valence-electron chi connectivity index (χ4n) is 4.11. The number of hydrogen-bond donors (Lipinski definition) is 0. The zero-order valence-electron chi connectivity index (χ0n) is 18.6. The first kappa shape index (κ1) is 21.3. The average molecular weight is 448 g/mol. The van der Waals surface area contributed by atoms with Gasteiger partial charge in [0.05, 0.1) is 43.3 Å². The molecule has 33 heavy (non-hydrogen) atoms. The van der Waals surface area contributed by atoms with Crippen LogP contribution < -0.4 is 9.47 Å². The van der Waals surface area contributed by atoms with Gasteiger partial charge in [-0.15, -0.1) is 0 Å². The second kappa shape index (κ2) is 9.15. The highest BCUT2D eigenvalue weighted by molar-refractivity contribution is 5.77. The quantitative estimate of drug-likeness (QED) is 0.416. The van der Waals surface area contributed by atoms with Gasteiger partial charge in [-0.3, -0.25) is 4.98 Å². The van der Waals surface area contributed by atoms with E-state index < -0.39 is 5.82 Å². The molecule has 1 unspecified atom stereocenters. The van der Waals surface area contributed by atoms with Crippen LogP contribution in [0.15, 0.2) is 48.9 Å². The van der Waals surface area contributed by atoms with Crippen molar-refractivity contribution in [3.8, 4) is 22.8 Å². The maximum absolute atomic E-state index is 14.8. The van der Waals surface area contributed by atoms with Crippen molar-refractivity contribution >= 4 is 11.0 Å². The number of benzene rings is 2. The number of methoxy groups -OCH3 is 2. The first-order valence-electron chi connectivity index (χ1n) is 11.0. The second-order valence-electron chi connectivity index (χ2n) is 8.09. The summed E-state index contributed by atoms with van der Waals surface area (Å²) in [6, 6.07) is 8.99. The Kier molecular flexibility index (Phi) is 5.92. The van der Waals surface area contributed by atoms with Crippen molar-refractivity contribution in [2.24, 2.45) is 0 Å². The summed E-state index contributed by atoms with van der Waals surface area (Å²) < 4.78 is 32.9. The summed E-state index contributed by atoms with van der Waals surface area (Å²) in [5.74, 6) is 0.312. The molecule has 0 amide bonds. The highest BCUT2D eigenvalue weighted by atomic mass is 19.1. The molecule has 1 saturated heterocycles. The molecule has 0 bridgehead atoms. The first-order valence-corrected chi connectivity index (χ1v) is 11.0. The zero-order valence-corrected chi connectivity index (χ0v) is 18.6. The second-order valence-corrected chi connectivity index (χ2v) is 8.09. The lowest BCUT2D eigenvalue weighted by Gasteiger charge is -2.22. The summed E-state index contributed by atoms with van der Waals surface area (Å²) >= 11 is 0. The predicted molar refractivity (Wildman–Crippen MR) is 122 cm³/mol. The molecule has 0 radical (unpaired) electrons. The van der Waals surface area contributed by atoms with Gasteiger partial charge in [-0.1, -0.05) is 6.07 Å². The number of nitrogens with zero attached hydrogens (tertiary/aromatic N) is 4. The van der Waals surface area contributed by atoms with Crippen molar-refractivity contribution in [2.75, 3.05) is 20.8 Å².